The number of phenolic OH excluding ortho intramolecular Hbond substituents is 1. The van der Waals surface area contributed by atoms with Crippen LogP contribution in [0.5, 0.6) is 11.5 Å². The normalized spacial score (nSPS) is 18.3. The Morgan fingerprint density at radius 3 is 2.62 bits per heavy atom. The number of nitrogens with one attached hydrogen (secondary N) is 1. The highest BCUT2D eigenvalue weighted by Gasteiger charge is 2.37. The monoisotopic (exact) mass is 291 g/mol. The van der Waals surface area contributed by atoms with E-state index in [0.29, 0.717) is 5.56 Å². The second kappa shape index (κ2) is 6.94. The molecule has 0 unspecified atom stereocenters. The number of methoxy groups -OCH3 is 1. The van der Waals surface area contributed by atoms with E-state index in [0.717, 1.165) is 12.3 Å². The molecule has 0 amide bonds. The maximum absolute atomic E-state index is 9.89. The quantitative estimate of drug-likeness (QED) is 0.811. The number of ether oxygens (including phenoxy) is 1. The topological polar surface area (TPSA) is 46.3 Å². The molecule has 1 aliphatic rings. The third-order valence-electron chi connectivity index (χ3n) is 4.73. The van der Waals surface area contributed by atoms with Gasteiger partial charge in [-0.25, -0.2) is 0 Å². The summed E-state index contributed by atoms with van der Waals surface area (Å²) in [7, 11) is 6.08. The van der Waals surface area contributed by atoms with Crippen molar-refractivity contribution in [3.05, 3.63) is 23.8 Å². The van der Waals surface area contributed by atoms with Gasteiger partial charge in [0.2, 0.25) is 0 Å². The molecule has 0 aromatic heterocycles. The maximum atomic E-state index is 9.89. The van der Waals surface area contributed by atoms with Crippen molar-refractivity contribution in [3.63, 3.8) is 0 Å². The maximum Gasteiger partial charge on any atom is 0.124 e. The number of quaternary nitrogens is 1. The van der Waals surface area contributed by atoms with Crippen LogP contribution in [-0.2, 0) is 0 Å². The molecule has 1 aliphatic carbocycles. The van der Waals surface area contributed by atoms with Crippen LogP contribution >= 0.6 is 0 Å². The molecule has 0 atom stereocenters. The van der Waals surface area contributed by atoms with Gasteiger partial charge in [-0.05, 0) is 31.0 Å². The average molecular weight is 291 g/mol. The third-order valence-corrected chi connectivity index (χ3v) is 4.73. The van der Waals surface area contributed by atoms with Crippen molar-refractivity contribution in [3.8, 4) is 11.5 Å². The molecule has 1 aromatic carbocycles. The fraction of sp³-hybridized carbons (Fsp3) is 0.588. The van der Waals surface area contributed by atoms with E-state index in [1.807, 2.05) is 6.07 Å². The number of rotatable bonds is 5. The van der Waals surface area contributed by atoms with Gasteiger partial charge in [0.15, 0.2) is 0 Å². The van der Waals surface area contributed by atoms with Crippen molar-refractivity contribution in [1.29, 1.82) is 0 Å². The molecule has 2 N–H and O–H groups in total. The highest BCUT2D eigenvalue weighted by atomic mass is 16.5. The van der Waals surface area contributed by atoms with Crippen molar-refractivity contribution in [2.45, 2.75) is 37.6 Å². The predicted molar refractivity (Wildman–Crippen MR) is 85.7 cm³/mol. The zero-order valence-corrected chi connectivity index (χ0v) is 13.4. The van der Waals surface area contributed by atoms with Crippen molar-refractivity contribution in [2.75, 3.05) is 27.7 Å². The Labute approximate surface area is 127 Å². The first kappa shape index (κ1) is 15.8. The Morgan fingerprint density at radius 1 is 1.29 bits per heavy atom. The van der Waals surface area contributed by atoms with Gasteiger partial charge in [0, 0.05) is 24.6 Å². The molecule has 0 spiro atoms. The first-order valence-electron chi connectivity index (χ1n) is 7.75. The first-order valence-corrected chi connectivity index (χ1v) is 7.75. The van der Waals surface area contributed by atoms with Gasteiger partial charge in [-0.3, -0.25) is 4.99 Å². The minimum absolute atomic E-state index is 0.245. The summed E-state index contributed by atoms with van der Waals surface area (Å²) in [5.74, 6) is 0.981. The van der Waals surface area contributed by atoms with Gasteiger partial charge in [0.1, 0.15) is 17.0 Å². The molecule has 2 rings (SSSR count). The number of aliphatic imine (C=N–C) groups is 1. The van der Waals surface area contributed by atoms with Crippen LogP contribution in [-0.4, -0.2) is 44.6 Å². The molecule has 0 radical (unpaired) electrons. The molecule has 4 nitrogen and oxygen atoms in total. The Kier molecular flexibility index (Phi) is 5.23. The van der Waals surface area contributed by atoms with Crippen LogP contribution in [0.4, 0.5) is 0 Å². The Hall–Kier alpha value is -1.55. The van der Waals surface area contributed by atoms with Crippen molar-refractivity contribution in [2.24, 2.45) is 4.99 Å². The molecule has 1 fully saturated rings. The number of likely N-dealkylation sites (N-methyl/N-ethyl adjacent to an activating group) is 1. The van der Waals surface area contributed by atoms with Gasteiger partial charge in [-0.2, -0.15) is 0 Å². The van der Waals surface area contributed by atoms with E-state index in [9.17, 15) is 5.11 Å². The molecule has 116 valence electrons. The van der Waals surface area contributed by atoms with Crippen LogP contribution < -0.4 is 9.64 Å². The lowest BCUT2D eigenvalue weighted by Crippen LogP contribution is -3.16. The summed E-state index contributed by atoms with van der Waals surface area (Å²) in [6.45, 7) is 0.811. The zero-order chi connectivity index (χ0) is 15.3. The summed E-state index contributed by atoms with van der Waals surface area (Å²) >= 11 is 0. The van der Waals surface area contributed by atoms with Crippen LogP contribution in [0, 0.1) is 0 Å². The number of hydrogen-bond acceptors (Lipinski definition) is 3. The summed E-state index contributed by atoms with van der Waals surface area (Å²) in [6, 6.07) is 5.21. The lowest BCUT2D eigenvalue weighted by molar-refractivity contribution is -0.915. The summed E-state index contributed by atoms with van der Waals surface area (Å²) < 4.78 is 5.19. The van der Waals surface area contributed by atoms with E-state index >= 15 is 0 Å². The number of hydrogen-bond donors (Lipinski definition) is 2. The summed E-state index contributed by atoms with van der Waals surface area (Å²) in [4.78, 5) is 6.11. The molecule has 0 heterocycles. The van der Waals surface area contributed by atoms with Crippen LogP contribution in [0.25, 0.3) is 0 Å². The lowest BCUT2D eigenvalue weighted by Gasteiger charge is -2.38. The van der Waals surface area contributed by atoms with E-state index in [2.05, 4.69) is 19.1 Å². The van der Waals surface area contributed by atoms with Crippen molar-refractivity contribution >= 4 is 6.21 Å². The predicted octanol–water partition coefficient (Wildman–Crippen LogP) is 1.67. The lowest BCUT2D eigenvalue weighted by atomic mass is 9.81. The molecule has 1 saturated carbocycles. The van der Waals surface area contributed by atoms with E-state index in [4.69, 9.17) is 4.74 Å². The van der Waals surface area contributed by atoms with Gasteiger partial charge >= 0.3 is 0 Å². The third kappa shape index (κ3) is 3.76. The minimum Gasteiger partial charge on any atom is -0.507 e. The number of benzene rings is 1. The van der Waals surface area contributed by atoms with Crippen LogP contribution in [0.3, 0.4) is 0 Å². The average Bonchev–Trinajstić information content (AvgIpc) is 2.50. The molecule has 4 heteroatoms. The smallest absolute Gasteiger partial charge is 0.124 e. The highest BCUT2D eigenvalue weighted by molar-refractivity contribution is 5.84. The molecule has 0 aliphatic heterocycles. The van der Waals surface area contributed by atoms with E-state index < -0.39 is 0 Å². The Morgan fingerprint density at radius 2 is 2.00 bits per heavy atom. The Balaban J connectivity index is 2.10. The summed E-state index contributed by atoms with van der Waals surface area (Å²) in [5.41, 5.74) is 0.970. The second-order valence-corrected chi connectivity index (χ2v) is 6.24. The van der Waals surface area contributed by atoms with Crippen LogP contribution in [0.2, 0.25) is 0 Å². The first-order chi connectivity index (χ1) is 10.1. The standard InChI is InChI=1S/C17H26N2O2/c1-19(2)17(9-5-4-6-10-17)13-18-12-14-11-15(21-3)7-8-16(14)20/h7-8,11-12,20H,4-6,9-10,13H2,1-3H3/p+1. The van der Waals surface area contributed by atoms with Crippen LogP contribution in [0.15, 0.2) is 23.2 Å². The molecule has 1 aromatic rings. The number of nitrogens with zero attached hydrogens (tertiary/aromatic N) is 1. The van der Waals surface area contributed by atoms with E-state index in [-0.39, 0.29) is 11.3 Å². The fourth-order valence-corrected chi connectivity index (χ4v) is 3.13. The van der Waals surface area contributed by atoms with Gasteiger partial charge in [-0.1, -0.05) is 6.42 Å². The zero-order valence-electron chi connectivity index (χ0n) is 13.4. The minimum atomic E-state index is 0.245. The largest absolute Gasteiger partial charge is 0.507 e. The molecule has 0 bridgehead atoms. The molecule has 0 saturated heterocycles. The molecular weight excluding hydrogens is 264 g/mol. The van der Waals surface area contributed by atoms with E-state index in [1.165, 1.54) is 37.0 Å². The summed E-state index contributed by atoms with van der Waals surface area (Å²) in [6.07, 6.45) is 8.18. The van der Waals surface area contributed by atoms with E-state index in [1.54, 1.807) is 25.5 Å². The number of phenols is 1. The fourth-order valence-electron chi connectivity index (χ4n) is 3.13. The van der Waals surface area contributed by atoms with Gasteiger partial charge in [0.25, 0.3) is 0 Å². The highest BCUT2D eigenvalue weighted by Crippen LogP contribution is 2.26. The van der Waals surface area contributed by atoms with Crippen molar-refractivity contribution in [1.82, 2.24) is 0 Å². The SMILES string of the molecule is COc1ccc(O)c(C=NCC2([NH+](C)C)CCCCC2)c1. The van der Waals surface area contributed by atoms with Crippen molar-refractivity contribution < 1.29 is 14.7 Å². The van der Waals surface area contributed by atoms with Crippen LogP contribution in [0.1, 0.15) is 37.7 Å². The van der Waals surface area contributed by atoms with Gasteiger partial charge in [0.05, 0.1) is 27.7 Å². The summed E-state index contributed by atoms with van der Waals surface area (Å²) in [5, 5.41) is 9.89. The number of aromatic hydroxyl groups is 1. The molecular formula is C17H27N2O2+. The second-order valence-electron chi connectivity index (χ2n) is 6.24. The Bertz CT molecular complexity index is 492. The van der Waals surface area contributed by atoms with Gasteiger partial charge < -0.3 is 14.7 Å². The molecule has 21 heavy (non-hydrogen) atoms. The van der Waals surface area contributed by atoms with Gasteiger partial charge in [-0.15, -0.1) is 0 Å².